The van der Waals surface area contributed by atoms with E-state index in [4.69, 9.17) is 14.7 Å². The maximum absolute atomic E-state index is 9.04. The predicted octanol–water partition coefficient (Wildman–Crippen LogP) is 3.71. The SMILES string of the molecule is COC(C)CCNc1cc(Nc2cc(Oc3cnc(C#N)cc3C)nc3c2ncn3C)ncn1. The van der Waals surface area contributed by atoms with Gasteiger partial charge in [-0.2, -0.15) is 10.2 Å². The van der Waals surface area contributed by atoms with Crippen molar-refractivity contribution in [3.8, 4) is 17.7 Å². The van der Waals surface area contributed by atoms with Gasteiger partial charge in [0, 0.05) is 32.8 Å². The molecule has 34 heavy (non-hydrogen) atoms. The van der Waals surface area contributed by atoms with Crippen molar-refractivity contribution >= 4 is 28.5 Å². The highest BCUT2D eigenvalue weighted by Gasteiger charge is 2.14. The molecule has 0 fully saturated rings. The van der Waals surface area contributed by atoms with Gasteiger partial charge in [-0.05, 0) is 31.9 Å². The van der Waals surface area contributed by atoms with Crippen LogP contribution in [0.25, 0.3) is 11.2 Å². The van der Waals surface area contributed by atoms with E-state index in [1.807, 2.05) is 33.0 Å². The maximum atomic E-state index is 9.04. The lowest BCUT2D eigenvalue weighted by molar-refractivity contribution is 0.114. The molecule has 0 saturated carbocycles. The van der Waals surface area contributed by atoms with Gasteiger partial charge >= 0.3 is 0 Å². The molecule has 174 valence electrons. The number of methoxy groups -OCH3 is 1. The maximum Gasteiger partial charge on any atom is 0.223 e. The number of anilines is 3. The summed E-state index contributed by atoms with van der Waals surface area (Å²) in [4.78, 5) is 21.7. The molecule has 1 atom stereocenters. The van der Waals surface area contributed by atoms with Crippen LogP contribution < -0.4 is 15.4 Å². The van der Waals surface area contributed by atoms with Crippen LogP contribution in [0.2, 0.25) is 0 Å². The highest BCUT2D eigenvalue weighted by atomic mass is 16.5. The lowest BCUT2D eigenvalue weighted by Gasteiger charge is -2.13. The molecule has 11 heteroatoms. The second-order valence-corrected chi connectivity index (χ2v) is 7.76. The van der Waals surface area contributed by atoms with Gasteiger partial charge in [-0.1, -0.05) is 0 Å². The standard InChI is InChI=1S/C23H25N9O2/c1-14-7-16(10-24)26-11-18(14)34-21-8-17(22-23(31-21)32(3)13-29-22)30-20-9-19(27-12-28-20)25-6-5-15(2)33-4/h7-9,11-13,15H,5-6H2,1-4H3,(H2,25,27,28,30,31). The molecule has 1 unspecified atom stereocenters. The van der Waals surface area contributed by atoms with Gasteiger partial charge < -0.3 is 24.7 Å². The number of nitriles is 1. The fourth-order valence-electron chi connectivity index (χ4n) is 3.23. The number of nitrogens with zero attached hydrogens (tertiary/aromatic N) is 7. The Morgan fingerprint density at radius 2 is 1.97 bits per heavy atom. The lowest BCUT2D eigenvalue weighted by atomic mass is 10.2. The molecule has 0 bridgehead atoms. The second-order valence-electron chi connectivity index (χ2n) is 7.76. The minimum Gasteiger partial charge on any atom is -0.437 e. The highest BCUT2D eigenvalue weighted by Crippen LogP contribution is 2.31. The number of nitrogens with one attached hydrogen (secondary N) is 2. The Labute approximate surface area is 196 Å². The van der Waals surface area contributed by atoms with Gasteiger partial charge in [0.1, 0.15) is 35.2 Å². The van der Waals surface area contributed by atoms with Gasteiger partial charge in [-0.3, -0.25) is 0 Å². The van der Waals surface area contributed by atoms with E-state index < -0.39 is 0 Å². The Balaban J connectivity index is 1.59. The number of fused-ring (bicyclic) bond motifs is 1. The molecular formula is C23H25N9O2. The molecule has 0 aliphatic heterocycles. The summed E-state index contributed by atoms with van der Waals surface area (Å²) in [5, 5.41) is 15.6. The van der Waals surface area contributed by atoms with Crippen molar-refractivity contribution in [3.05, 3.63) is 48.3 Å². The number of rotatable bonds is 9. The predicted molar refractivity (Wildman–Crippen MR) is 127 cm³/mol. The Kier molecular flexibility index (Phi) is 6.79. The normalized spacial score (nSPS) is 11.7. The number of hydrogen-bond acceptors (Lipinski definition) is 10. The van der Waals surface area contributed by atoms with Crippen molar-refractivity contribution in [1.82, 2.24) is 29.5 Å². The zero-order valence-electron chi connectivity index (χ0n) is 19.4. The van der Waals surface area contributed by atoms with E-state index in [1.54, 1.807) is 30.1 Å². The van der Waals surface area contributed by atoms with Crippen molar-refractivity contribution in [3.63, 3.8) is 0 Å². The molecule has 11 nitrogen and oxygen atoms in total. The van der Waals surface area contributed by atoms with Crippen LogP contribution in [0.3, 0.4) is 0 Å². The average molecular weight is 460 g/mol. The first-order valence-corrected chi connectivity index (χ1v) is 10.7. The summed E-state index contributed by atoms with van der Waals surface area (Å²) in [7, 11) is 3.56. The van der Waals surface area contributed by atoms with E-state index in [2.05, 4.69) is 35.6 Å². The topological polar surface area (TPSA) is 136 Å². The number of pyridine rings is 2. The Hall–Kier alpha value is -4.30. The van der Waals surface area contributed by atoms with E-state index in [0.717, 1.165) is 18.5 Å². The summed E-state index contributed by atoms with van der Waals surface area (Å²) < 4.78 is 13.1. The Bertz CT molecular complexity index is 1350. The molecule has 4 heterocycles. The number of imidazole rings is 1. The smallest absolute Gasteiger partial charge is 0.223 e. The first-order valence-electron chi connectivity index (χ1n) is 10.7. The van der Waals surface area contributed by atoms with E-state index in [0.29, 0.717) is 45.8 Å². The number of aryl methyl sites for hydroxylation is 2. The Morgan fingerprint density at radius 1 is 1.15 bits per heavy atom. The van der Waals surface area contributed by atoms with E-state index >= 15 is 0 Å². The molecule has 2 N–H and O–H groups in total. The van der Waals surface area contributed by atoms with Crippen molar-refractivity contribution < 1.29 is 9.47 Å². The fourth-order valence-corrected chi connectivity index (χ4v) is 3.23. The summed E-state index contributed by atoms with van der Waals surface area (Å²) in [6.45, 7) is 4.59. The monoisotopic (exact) mass is 459 g/mol. The summed E-state index contributed by atoms with van der Waals surface area (Å²) in [6, 6.07) is 7.26. The number of aromatic nitrogens is 6. The average Bonchev–Trinajstić information content (AvgIpc) is 3.21. The van der Waals surface area contributed by atoms with Crippen LogP contribution in [0.5, 0.6) is 11.6 Å². The number of ether oxygens (including phenoxy) is 2. The Morgan fingerprint density at radius 3 is 2.74 bits per heavy atom. The first kappa shape index (κ1) is 22.9. The molecule has 4 rings (SSSR count). The van der Waals surface area contributed by atoms with Gasteiger partial charge in [-0.25, -0.2) is 19.9 Å². The molecule has 0 aliphatic rings. The molecule has 4 aromatic rings. The third-order valence-corrected chi connectivity index (χ3v) is 5.23. The summed E-state index contributed by atoms with van der Waals surface area (Å²) in [5.41, 5.74) is 3.10. The van der Waals surface area contributed by atoms with Crippen LogP contribution in [-0.2, 0) is 11.8 Å². The van der Waals surface area contributed by atoms with Crippen LogP contribution in [0, 0.1) is 18.3 Å². The van der Waals surface area contributed by atoms with Crippen molar-refractivity contribution in [2.24, 2.45) is 7.05 Å². The van der Waals surface area contributed by atoms with Crippen molar-refractivity contribution in [2.75, 3.05) is 24.3 Å². The van der Waals surface area contributed by atoms with Crippen molar-refractivity contribution in [2.45, 2.75) is 26.4 Å². The van der Waals surface area contributed by atoms with Gasteiger partial charge in [0.2, 0.25) is 5.88 Å². The van der Waals surface area contributed by atoms with Crippen LogP contribution in [0.1, 0.15) is 24.6 Å². The first-order chi connectivity index (χ1) is 16.5. The lowest BCUT2D eigenvalue weighted by Crippen LogP contribution is -2.13. The summed E-state index contributed by atoms with van der Waals surface area (Å²) >= 11 is 0. The minimum atomic E-state index is 0.162. The van der Waals surface area contributed by atoms with Gasteiger partial charge in [0.25, 0.3) is 0 Å². The molecule has 0 amide bonds. The molecule has 0 aromatic carbocycles. The van der Waals surface area contributed by atoms with Gasteiger partial charge in [0.05, 0.1) is 24.3 Å². The van der Waals surface area contributed by atoms with Crippen molar-refractivity contribution in [1.29, 1.82) is 5.26 Å². The molecular weight excluding hydrogens is 434 g/mol. The van der Waals surface area contributed by atoms with Crippen LogP contribution in [-0.4, -0.2) is 49.2 Å². The summed E-state index contributed by atoms with van der Waals surface area (Å²) in [6.07, 6.45) is 5.71. The number of hydrogen-bond donors (Lipinski definition) is 2. The van der Waals surface area contributed by atoms with Crippen LogP contribution >= 0.6 is 0 Å². The largest absolute Gasteiger partial charge is 0.437 e. The minimum absolute atomic E-state index is 0.162. The van der Waals surface area contributed by atoms with E-state index in [9.17, 15) is 0 Å². The second kappa shape index (κ2) is 10.1. The molecule has 0 radical (unpaired) electrons. The van der Waals surface area contributed by atoms with Gasteiger partial charge in [0.15, 0.2) is 11.4 Å². The van der Waals surface area contributed by atoms with Crippen LogP contribution in [0.4, 0.5) is 17.3 Å². The van der Waals surface area contributed by atoms with Crippen LogP contribution in [0.15, 0.2) is 37.1 Å². The third kappa shape index (κ3) is 5.19. The van der Waals surface area contributed by atoms with Gasteiger partial charge in [-0.15, -0.1) is 0 Å². The molecule has 4 aromatic heterocycles. The molecule has 0 aliphatic carbocycles. The zero-order valence-corrected chi connectivity index (χ0v) is 19.4. The van der Waals surface area contributed by atoms with E-state index in [1.165, 1.54) is 12.5 Å². The molecule has 0 saturated heterocycles. The highest BCUT2D eigenvalue weighted by molar-refractivity contribution is 5.88. The zero-order chi connectivity index (χ0) is 24.1. The summed E-state index contributed by atoms with van der Waals surface area (Å²) in [5.74, 6) is 2.16. The quantitative estimate of drug-likeness (QED) is 0.381. The third-order valence-electron chi connectivity index (χ3n) is 5.23. The molecule has 0 spiro atoms. The fraction of sp³-hybridized carbons (Fsp3) is 0.304. The van der Waals surface area contributed by atoms with E-state index in [-0.39, 0.29) is 6.10 Å².